The lowest BCUT2D eigenvalue weighted by molar-refractivity contribution is -0.135. The molecule has 174 valence electrons. The molecule has 2 aromatic carbocycles. The number of hydrogen-bond donors (Lipinski definition) is 2. The Bertz CT molecular complexity index is 1230. The van der Waals surface area contributed by atoms with Gasteiger partial charge in [-0.3, -0.25) is 9.36 Å². The largest absolute Gasteiger partial charge is 0.478 e. The number of aromatic carboxylic acids is 1. The summed E-state index contributed by atoms with van der Waals surface area (Å²) in [5.41, 5.74) is 1.07. The molecule has 0 aliphatic carbocycles. The number of aromatic nitrogens is 2. The highest BCUT2D eigenvalue weighted by atomic mass is 35.5. The molecule has 0 amide bonds. The van der Waals surface area contributed by atoms with E-state index in [2.05, 4.69) is 4.98 Å². The van der Waals surface area contributed by atoms with E-state index >= 15 is 0 Å². The Kier molecular flexibility index (Phi) is 7.55. The van der Waals surface area contributed by atoms with Crippen molar-refractivity contribution in [2.24, 2.45) is 0 Å². The fourth-order valence-corrected chi connectivity index (χ4v) is 3.62. The molecule has 0 unspecified atom stereocenters. The Balaban J connectivity index is 2.05. The van der Waals surface area contributed by atoms with Gasteiger partial charge >= 0.3 is 12.1 Å². The number of carboxylic acid groups (broad SMARTS) is 1. The van der Waals surface area contributed by atoms with Crippen LogP contribution >= 0.6 is 11.6 Å². The number of benzene rings is 2. The summed E-state index contributed by atoms with van der Waals surface area (Å²) in [4.78, 5) is 28.7. The number of carboxylic acids is 1. The van der Waals surface area contributed by atoms with Gasteiger partial charge in [0.25, 0.3) is 5.56 Å². The molecular formula is C23H20ClF3N2O4. The molecule has 3 rings (SSSR count). The lowest BCUT2D eigenvalue weighted by Crippen LogP contribution is -2.26. The van der Waals surface area contributed by atoms with Gasteiger partial charge in [-0.05, 0) is 41.8 Å². The smallest absolute Gasteiger partial charge is 0.389 e. The third-order valence-corrected chi connectivity index (χ3v) is 5.21. The quantitative estimate of drug-likeness (QED) is 0.488. The molecule has 6 nitrogen and oxygen atoms in total. The average Bonchev–Trinajstić information content (AvgIpc) is 2.75. The second kappa shape index (κ2) is 10.2. The van der Waals surface area contributed by atoms with Crippen molar-refractivity contribution >= 4 is 17.6 Å². The molecule has 1 heterocycles. The van der Waals surface area contributed by atoms with Gasteiger partial charge in [0.05, 0.1) is 24.4 Å². The Morgan fingerprint density at radius 2 is 1.88 bits per heavy atom. The van der Waals surface area contributed by atoms with Crippen LogP contribution in [0.2, 0.25) is 5.02 Å². The van der Waals surface area contributed by atoms with Crippen molar-refractivity contribution in [2.45, 2.75) is 38.6 Å². The number of alkyl halides is 3. The van der Waals surface area contributed by atoms with Crippen molar-refractivity contribution in [1.82, 2.24) is 9.55 Å². The first-order chi connectivity index (χ1) is 15.6. The van der Waals surface area contributed by atoms with Crippen molar-refractivity contribution < 1.29 is 28.2 Å². The van der Waals surface area contributed by atoms with E-state index in [1.165, 1.54) is 34.9 Å². The zero-order valence-electron chi connectivity index (χ0n) is 17.3. The highest BCUT2D eigenvalue weighted by Gasteiger charge is 2.26. The average molecular weight is 481 g/mol. The van der Waals surface area contributed by atoms with E-state index in [0.29, 0.717) is 21.7 Å². The summed E-state index contributed by atoms with van der Waals surface area (Å²) >= 11 is 5.96. The van der Waals surface area contributed by atoms with Gasteiger partial charge < -0.3 is 10.2 Å². The predicted octanol–water partition coefficient (Wildman–Crippen LogP) is 4.69. The minimum Gasteiger partial charge on any atom is -0.478 e. The van der Waals surface area contributed by atoms with Crippen LogP contribution in [0.1, 0.15) is 40.2 Å². The van der Waals surface area contributed by atoms with Crippen molar-refractivity contribution in [1.29, 1.82) is 0 Å². The standard InChI is InChI=1S/C23H20ClF3N2O4/c24-17-6-7-18(16(10-17)13-30)19-11-21(31)29(20(28-19)5-2-8-23(25,26)27)12-14-3-1-4-15(9-14)22(32)33/h1,3-4,6-7,9-11,30H,2,5,8,12-13H2,(H,32,33). The number of aliphatic hydroxyl groups excluding tert-OH is 1. The maximum Gasteiger partial charge on any atom is 0.389 e. The zero-order valence-corrected chi connectivity index (χ0v) is 18.0. The normalized spacial score (nSPS) is 11.5. The van der Waals surface area contributed by atoms with E-state index in [-0.39, 0.29) is 43.1 Å². The van der Waals surface area contributed by atoms with Crippen LogP contribution in [-0.2, 0) is 19.6 Å². The number of aliphatic hydroxyl groups is 1. The van der Waals surface area contributed by atoms with Gasteiger partial charge in [0.15, 0.2) is 0 Å². The topological polar surface area (TPSA) is 92.4 Å². The molecule has 10 heteroatoms. The van der Waals surface area contributed by atoms with E-state index < -0.39 is 24.1 Å². The molecule has 0 atom stereocenters. The van der Waals surface area contributed by atoms with Gasteiger partial charge in [0.2, 0.25) is 0 Å². The number of rotatable bonds is 8. The van der Waals surface area contributed by atoms with Crippen LogP contribution in [0.3, 0.4) is 0 Å². The fourth-order valence-electron chi connectivity index (χ4n) is 3.43. The van der Waals surface area contributed by atoms with E-state index in [4.69, 9.17) is 11.6 Å². The van der Waals surface area contributed by atoms with Gasteiger partial charge in [-0.15, -0.1) is 0 Å². The minimum atomic E-state index is -4.35. The van der Waals surface area contributed by atoms with Crippen LogP contribution in [0, 0.1) is 0 Å². The van der Waals surface area contributed by atoms with Crippen LogP contribution in [0.15, 0.2) is 53.3 Å². The lowest BCUT2D eigenvalue weighted by atomic mass is 10.0. The van der Waals surface area contributed by atoms with Crippen molar-refractivity contribution in [3.8, 4) is 11.3 Å². The Morgan fingerprint density at radius 1 is 1.12 bits per heavy atom. The second-order valence-corrected chi connectivity index (χ2v) is 7.85. The molecule has 0 aliphatic rings. The van der Waals surface area contributed by atoms with Crippen LogP contribution < -0.4 is 5.56 Å². The van der Waals surface area contributed by atoms with Crippen molar-refractivity contribution in [3.63, 3.8) is 0 Å². The van der Waals surface area contributed by atoms with E-state index in [9.17, 15) is 33.0 Å². The minimum absolute atomic E-state index is 0.0255. The number of carbonyl (C=O) groups is 1. The summed E-state index contributed by atoms with van der Waals surface area (Å²) < 4.78 is 39.3. The predicted molar refractivity (Wildman–Crippen MR) is 116 cm³/mol. The molecule has 0 bridgehead atoms. The first-order valence-electron chi connectivity index (χ1n) is 9.97. The first kappa shape index (κ1) is 24.5. The lowest BCUT2D eigenvalue weighted by Gasteiger charge is -2.16. The molecule has 3 aromatic rings. The maximum absolute atomic E-state index is 13.0. The van der Waals surface area contributed by atoms with Crippen molar-refractivity contribution in [2.75, 3.05) is 0 Å². The van der Waals surface area contributed by atoms with Crippen LogP contribution in [-0.4, -0.2) is 31.9 Å². The molecule has 33 heavy (non-hydrogen) atoms. The number of hydrogen-bond acceptors (Lipinski definition) is 4. The van der Waals surface area contributed by atoms with Crippen LogP contribution in [0.4, 0.5) is 13.2 Å². The zero-order chi connectivity index (χ0) is 24.2. The Hall–Kier alpha value is -3.17. The number of halogens is 4. The van der Waals surface area contributed by atoms with E-state index in [1.807, 2.05) is 0 Å². The Labute approximate surface area is 191 Å². The van der Waals surface area contributed by atoms with Crippen molar-refractivity contribution in [3.05, 3.63) is 86.4 Å². The molecule has 0 spiro atoms. The van der Waals surface area contributed by atoms with E-state index in [0.717, 1.165) is 0 Å². The fraction of sp³-hybridized carbons (Fsp3) is 0.261. The molecule has 1 aromatic heterocycles. The van der Waals surface area contributed by atoms with E-state index in [1.54, 1.807) is 18.2 Å². The van der Waals surface area contributed by atoms with Gasteiger partial charge in [-0.2, -0.15) is 13.2 Å². The maximum atomic E-state index is 13.0. The summed E-state index contributed by atoms with van der Waals surface area (Å²) in [5.74, 6) is -1.01. The summed E-state index contributed by atoms with van der Waals surface area (Å²) in [6.45, 7) is -0.423. The second-order valence-electron chi connectivity index (χ2n) is 7.42. The summed E-state index contributed by atoms with van der Waals surface area (Å²) in [6, 6.07) is 11.8. The molecular weight excluding hydrogens is 461 g/mol. The third kappa shape index (κ3) is 6.43. The number of aryl methyl sites for hydroxylation is 1. The molecule has 0 radical (unpaired) electrons. The molecule has 0 saturated carbocycles. The molecule has 2 N–H and O–H groups in total. The SMILES string of the molecule is O=C(O)c1cccc(Cn2c(CCCC(F)(F)F)nc(-c3ccc(Cl)cc3CO)cc2=O)c1. The van der Waals surface area contributed by atoms with Gasteiger partial charge in [-0.25, -0.2) is 9.78 Å². The Morgan fingerprint density at radius 3 is 2.55 bits per heavy atom. The van der Waals surface area contributed by atoms with Gasteiger partial charge in [0.1, 0.15) is 5.82 Å². The third-order valence-electron chi connectivity index (χ3n) is 4.98. The summed E-state index contributed by atoms with van der Waals surface area (Å²) in [5, 5.41) is 19.2. The van der Waals surface area contributed by atoms with Crippen LogP contribution in [0.5, 0.6) is 0 Å². The van der Waals surface area contributed by atoms with Crippen LogP contribution in [0.25, 0.3) is 11.3 Å². The highest BCUT2D eigenvalue weighted by Crippen LogP contribution is 2.26. The number of nitrogens with zero attached hydrogens (tertiary/aromatic N) is 2. The monoisotopic (exact) mass is 480 g/mol. The summed E-state index contributed by atoms with van der Waals surface area (Å²) in [7, 11) is 0. The molecule has 0 aliphatic heterocycles. The van der Waals surface area contributed by atoms with Gasteiger partial charge in [-0.1, -0.05) is 29.8 Å². The summed E-state index contributed by atoms with van der Waals surface area (Å²) in [6.07, 6.45) is -5.78. The van der Waals surface area contributed by atoms with Gasteiger partial charge in [0, 0.05) is 29.5 Å². The highest BCUT2D eigenvalue weighted by molar-refractivity contribution is 6.30. The first-order valence-corrected chi connectivity index (χ1v) is 10.3. The molecule has 0 saturated heterocycles. The molecule has 0 fully saturated rings.